The Morgan fingerprint density at radius 2 is 1.80 bits per heavy atom. The van der Waals surface area contributed by atoms with Gasteiger partial charge in [-0.25, -0.2) is 13.4 Å². The Morgan fingerprint density at radius 1 is 1.03 bits per heavy atom. The zero-order chi connectivity index (χ0) is 21.1. The summed E-state index contributed by atoms with van der Waals surface area (Å²) in [5, 5.41) is 0.957. The smallest absolute Gasteiger partial charge is 0.244 e. The number of anilines is 1. The van der Waals surface area contributed by atoms with E-state index in [-0.39, 0.29) is 11.4 Å². The van der Waals surface area contributed by atoms with E-state index < -0.39 is 21.5 Å². The van der Waals surface area contributed by atoms with E-state index in [1.165, 1.54) is 28.4 Å². The quantitative estimate of drug-likeness (QED) is 0.430. The standard InChI is InChI=1S/C21H16ClN3O3S2/c22-15-9-10-18-19(12-15)29-21(24-18)25(13-16-6-4-5-11-23-16)20(26)14-30(27,28)17-7-2-1-3-8-17/h1-12H,13-14H2. The summed E-state index contributed by atoms with van der Waals surface area (Å²) >= 11 is 7.34. The molecule has 6 nitrogen and oxygen atoms in total. The van der Waals surface area contributed by atoms with Gasteiger partial charge in [0.2, 0.25) is 5.91 Å². The van der Waals surface area contributed by atoms with E-state index >= 15 is 0 Å². The van der Waals surface area contributed by atoms with Crippen LogP contribution in [-0.2, 0) is 21.2 Å². The van der Waals surface area contributed by atoms with Crippen molar-refractivity contribution in [3.05, 3.63) is 83.6 Å². The Hall–Kier alpha value is -2.81. The molecule has 2 aromatic heterocycles. The van der Waals surface area contributed by atoms with Gasteiger partial charge in [0.25, 0.3) is 0 Å². The van der Waals surface area contributed by atoms with Crippen molar-refractivity contribution in [3.8, 4) is 0 Å². The van der Waals surface area contributed by atoms with Gasteiger partial charge < -0.3 is 0 Å². The highest BCUT2D eigenvalue weighted by atomic mass is 35.5. The Labute approximate surface area is 182 Å². The molecule has 30 heavy (non-hydrogen) atoms. The summed E-state index contributed by atoms with van der Waals surface area (Å²) in [6, 6.07) is 18.5. The van der Waals surface area contributed by atoms with Gasteiger partial charge in [-0.3, -0.25) is 14.7 Å². The Morgan fingerprint density at radius 3 is 2.53 bits per heavy atom. The fraction of sp³-hybridized carbons (Fsp3) is 0.0952. The number of halogens is 1. The molecule has 2 heterocycles. The lowest BCUT2D eigenvalue weighted by atomic mass is 10.3. The molecule has 1 amide bonds. The molecule has 152 valence electrons. The highest BCUT2D eigenvalue weighted by Crippen LogP contribution is 2.32. The van der Waals surface area contributed by atoms with Crippen LogP contribution in [0, 0.1) is 0 Å². The normalized spacial score (nSPS) is 11.5. The second-order valence-electron chi connectivity index (χ2n) is 6.48. The third-order valence-corrected chi connectivity index (χ3v) is 7.23. The van der Waals surface area contributed by atoms with E-state index in [9.17, 15) is 13.2 Å². The van der Waals surface area contributed by atoms with E-state index in [1.807, 2.05) is 6.07 Å². The van der Waals surface area contributed by atoms with Crippen LogP contribution in [0.15, 0.2) is 77.8 Å². The van der Waals surface area contributed by atoms with E-state index in [4.69, 9.17) is 11.6 Å². The fourth-order valence-electron chi connectivity index (χ4n) is 2.87. The predicted molar refractivity (Wildman–Crippen MR) is 119 cm³/mol. The van der Waals surface area contributed by atoms with Crippen molar-refractivity contribution in [1.82, 2.24) is 9.97 Å². The fourth-order valence-corrected chi connectivity index (χ4v) is 5.35. The van der Waals surface area contributed by atoms with Gasteiger partial charge in [-0.15, -0.1) is 0 Å². The molecule has 4 aromatic rings. The molecule has 0 spiro atoms. The average Bonchev–Trinajstić information content (AvgIpc) is 3.15. The number of carbonyl (C=O) groups excluding carboxylic acids is 1. The van der Waals surface area contributed by atoms with Crippen LogP contribution in [0.5, 0.6) is 0 Å². The Kier molecular flexibility index (Phi) is 5.80. The molecule has 4 rings (SSSR count). The van der Waals surface area contributed by atoms with Gasteiger partial charge in [0.05, 0.1) is 27.4 Å². The SMILES string of the molecule is O=C(CS(=O)(=O)c1ccccc1)N(Cc1ccccn1)c1nc2ccc(Cl)cc2s1. The number of thiazole rings is 1. The first-order valence-electron chi connectivity index (χ1n) is 8.96. The number of hydrogen-bond donors (Lipinski definition) is 0. The van der Waals surface area contributed by atoms with Gasteiger partial charge in [0, 0.05) is 11.2 Å². The summed E-state index contributed by atoms with van der Waals surface area (Å²) in [6.45, 7) is 0.109. The van der Waals surface area contributed by atoms with Crippen LogP contribution in [0.25, 0.3) is 10.2 Å². The third-order valence-electron chi connectivity index (χ3n) is 4.33. The minimum absolute atomic E-state index is 0.104. The van der Waals surface area contributed by atoms with Crippen molar-refractivity contribution in [1.29, 1.82) is 0 Å². The van der Waals surface area contributed by atoms with Crippen LogP contribution in [0.1, 0.15) is 5.69 Å². The van der Waals surface area contributed by atoms with Crippen LogP contribution >= 0.6 is 22.9 Å². The molecule has 0 saturated carbocycles. The van der Waals surface area contributed by atoms with Crippen LogP contribution in [-0.4, -0.2) is 30.0 Å². The maximum absolute atomic E-state index is 13.1. The molecular weight excluding hydrogens is 442 g/mol. The number of amides is 1. The first-order valence-corrected chi connectivity index (χ1v) is 11.8. The molecule has 2 aromatic carbocycles. The van der Waals surface area contributed by atoms with Crippen molar-refractivity contribution in [3.63, 3.8) is 0 Å². The topological polar surface area (TPSA) is 80.2 Å². The number of carbonyl (C=O) groups is 1. The van der Waals surface area contributed by atoms with Crippen molar-refractivity contribution in [2.24, 2.45) is 0 Å². The summed E-state index contributed by atoms with van der Waals surface area (Å²) < 4.78 is 26.3. The van der Waals surface area contributed by atoms with E-state index in [0.717, 1.165) is 4.70 Å². The molecule has 0 saturated heterocycles. The van der Waals surface area contributed by atoms with Crippen molar-refractivity contribution in [2.45, 2.75) is 11.4 Å². The lowest BCUT2D eigenvalue weighted by Crippen LogP contribution is -2.35. The highest BCUT2D eigenvalue weighted by Gasteiger charge is 2.27. The van der Waals surface area contributed by atoms with Gasteiger partial charge >= 0.3 is 0 Å². The maximum atomic E-state index is 13.1. The molecule has 0 aliphatic heterocycles. The summed E-state index contributed by atoms with van der Waals surface area (Å²) in [5.74, 6) is -1.24. The van der Waals surface area contributed by atoms with Crippen molar-refractivity contribution >= 4 is 54.0 Å². The second-order valence-corrected chi connectivity index (χ2v) is 9.92. The maximum Gasteiger partial charge on any atom is 0.244 e. The van der Waals surface area contributed by atoms with Crippen LogP contribution < -0.4 is 4.90 Å². The molecule has 0 radical (unpaired) electrons. The van der Waals surface area contributed by atoms with Gasteiger partial charge in [-0.05, 0) is 42.5 Å². The number of benzene rings is 2. The number of hydrogen-bond acceptors (Lipinski definition) is 6. The Bertz CT molecular complexity index is 1290. The molecule has 0 N–H and O–H groups in total. The lowest BCUT2D eigenvalue weighted by molar-refractivity contribution is -0.116. The number of nitrogens with zero attached hydrogens (tertiary/aromatic N) is 3. The van der Waals surface area contributed by atoms with E-state index in [2.05, 4.69) is 9.97 Å². The van der Waals surface area contributed by atoms with Crippen LogP contribution in [0.4, 0.5) is 5.13 Å². The molecule has 9 heteroatoms. The van der Waals surface area contributed by atoms with Gasteiger partial charge in [-0.2, -0.15) is 0 Å². The minimum atomic E-state index is -3.80. The summed E-state index contributed by atoms with van der Waals surface area (Å²) in [5.41, 5.74) is 1.31. The zero-order valence-electron chi connectivity index (χ0n) is 15.6. The molecule has 0 atom stereocenters. The first kappa shape index (κ1) is 20.5. The number of aromatic nitrogens is 2. The highest BCUT2D eigenvalue weighted by molar-refractivity contribution is 7.92. The molecule has 0 aliphatic carbocycles. The summed E-state index contributed by atoms with van der Waals surface area (Å²) in [6.07, 6.45) is 1.62. The monoisotopic (exact) mass is 457 g/mol. The first-order chi connectivity index (χ1) is 14.4. The van der Waals surface area contributed by atoms with Gasteiger partial charge in [0.15, 0.2) is 15.0 Å². The molecule has 0 bridgehead atoms. The zero-order valence-corrected chi connectivity index (χ0v) is 18.0. The molecular formula is C21H16ClN3O3S2. The molecule has 0 unspecified atom stereocenters. The van der Waals surface area contributed by atoms with Crippen LogP contribution in [0.3, 0.4) is 0 Å². The minimum Gasteiger partial charge on any atom is -0.281 e. The predicted octanol–water partition coefficient (Wildman–Crippen LogP) is 4.35. The van der Waals surface area contributed by atoms with Crippen molar-refractivity contribution < 1.29 is 13.2 Å². The van der Waals surface area contributed by atoms with Crippen LogP contribution in [0.2, 0.25) is 5.02 Å². The van der Waals surface area contributed by atoms with Gasteiger partial charge in [0.1, 0.15) is 5.75 Å². The molecule has 0 fully saturated rings. The van der Waals surface area contributed by atoms with E-state index in [1.54, 1.807) is 54.7 Å². The third kappa shape index (κ3) is 4.51. The summed E-state index contributed by atoms with van der Waals surface area (Å²) in [7, 11) is -3.80. The number of rotatable bonds is 6. The summed E-state index contributed by atoms with van der Waals surface area (Å²) in [4.78, 5) is 23.4. The Balaban J connectivity index is 1.70. The van der Waals surface area contributed by atoms with Crippen molar-refractivity contribution in [2.75, 3.05) is 10.7 Å². The second kappa shape index (κ2) is 8.51. The van der Waals surface area contributed by atoms with Gasteiger partial charge in [-0.1, -0.05) is 47.2 Å². The average molecular weight is 458 g/mol. The molecule has 0 aliphatic rings. The number of fused-ring (bicyclic) bond motifs is 1. The largest absolute Gasteiger partial charge is 0.281 e. The lowest BCUT2D eigenvalue weighted by Gasteiger charge is -2.19. The number of pyridine rings is 1. The number of sulfone groups is 1. The van der Waals surface area contributed by atoms with E-state index in [0.29, 0.717) is 21.4 Å².